The van der Waals surface area contributed by atoms with Gasteiger partial charge in [-0.3, -0.25) is 9.80 Å². The number of hydrogen-bond acceptors (Lipinski definition) is 5. The third kappa shape index (κ3) is 3.81. The summed E-state index contributed by atoms with van der Waals surface area (Å²) in [7, 11) is 1.51. The van der Waals surface area contributed by atoms with Crippen LogP contribution in [0.15, 0.2) is 59.7 Å². The molecule has 1 amide bonds. The number of likely N-dealkylation sites (N-methyl/N-ethyl adjacent to an activating group) is 1. The SMILES string of the molecule is CCOC(=O)C1=NN(c2ccccc2)C(C(=O)N(C)c2ccccc2F)C1. The van der Waals surface area contributed by atoms with E-state index in [0.29, 0.717) is 5.69 Å². The molecule has 0 bridgehead atoms. The maximum absolute atomic E-state index is 14.1. The van der Waals surface area contributed by atoms with Gasteiger partial charge in [-0.15, -0.1) is 0 Å². The number of esters is 1. The second-order valence-corrected chi connectivity index (χ2v) is 6.02. The average molecular weight is 369 g/mol. The van der Waals surface area contributed by atoms with Crippen LogP contribution in [0, 0.1) is 5.82 Å². The average Bonchev–Trinajstić information content (AvgIpc) is 3.14. The first-order valence-corrected chi connectivity index (χ1v) is 8.64. The summed E-state index contributed by atoms with van der Waals surface area (Å²) in [6.07, 6.45) is 0.0886. The second kappa shape index (κ2) is 7.99. The van der Waals surface area contributed by atoms with Gasteiger partial charge in [0.25, 0.3) is 5.91 Å². The Morgan fingerprint density at radius 2 is 1.85 bits per heavy atom. The van der Waals surface area contributed by atoms with Crippen LogP contribution >= 0.6 is 0 Å². The molecule has 0 aliphatic carbocycles. The summed E-state index contributed by atoms with van der Waals surface area (Å²) in [4.78, 5) is 26.5. The predicted molar refractivity (Wildman–Crippen MR) is 101 cm³/mol. The van der Waals surface area contributed by atoms with E-state index in [2.05, 4.69) is 5.10 Å². The van der Waals surface area contributed by atoms with Crippen LogP contribution in [0.3, 0.4) is 0 Å². The zero-order valence-corrected chi connectivity index (χ0v) is 15.1. The fourth-order valence-electron chi connectivity index (χ4n) is 2.93. The summed E-state index contributed by atoms with van der Waals surface area (Å²) in [5.41, 5.74) is 0.998. The second-order valence-electron chi connectivity index (χ2n) is 6.02. The van der Waals surface area contributed by atoms with Gasteiger partial charge in [-0.25, -0.2) is 9.18 Å². The molecule has 1 aliphatic rings. The number of benzene rings is 2. The zero-order valence-electron chi connectivity index (χ0n) is 15.1. The van der Waals surface area contributed by atoms with Crippen molar-refractivity contribution in [2.45, 2.75) is 19.4 Å². The van der Waals surface area contributed by atoms with Crippen molar-refractivity contribution in [1.82, 2.24) is 0 Å². The Balaban J connectivity index is 1.91. The summed E-state index contributed by atoms with van der Waals surface area (Å²) in [6.45, 7) is 1.92. The maximum Gasteiger partial charge on any atom is 0.354 e. The Labute approximate surface area is 156 Å². The summed E-state index contributed by atoms with van der Waals surface area (Å²) in [6, 6.07) is 14.3. The van der Waals surface area contributed by atoms with Gasteiger partial charge in [0.2, 0.25) is 0 Å². The molecule has 0 aromatic heterocycles. The molecule has 1 heterocycles. The Morgan fingerprint density at radius 1 is 1.19 bits per heavy atom. The van der Waals surface area contributed by atoms with Gasteiger partial charge < -0.3 is 9.64 Å². The van der Waals surface area contributed by atoms with Crippen molar-refractivity contribution in [3.05, 3.63) is 60.4 Å². The molecule has 1 unspecified atom stereocenters. The number of nitrogens with zero attached hydrogens (tertiary/aromatic N) is 3. The molecule has 0 saturated carbocycles. The fraction of sp³-hybridized carbons (Fsp3) is 0.250. The Bertz CT molecular complexity index is 870. The Hall–Kier alpha value is -3.22. The number of hydrogen-bond donors (Lipinski definition) is 0. The summed E-state index contributed by atoms with van der Waals surface area (Å²) in [5.74, 6) is -1.42. The van der Waals surface area contributed by atoms with Gasteiger partial charge in [0.1, 0.15) is 17.6 Å². The lowest BCUT2D eigenvalue weighted by atomic mass is 10.1. The number of ether oxygens (including phenoxy) is 1. The molecule has 2 aromatic rings. The number of para-hydroxylation sites is 2. The highest BCUT2D eigenvalue weighted by Crippen LogP contribution is 2.28. The quantitative estimate of drug-likeness (QED) is 0.760. The molecule has 0 saturated heterocycles. The molecule has 0 radical (unpaired) electrons. The molecule has 1 atom stereocenters. The molecule has 3 rings (SSSR count). The number of anilines is 2. The first kappa shape index (κ1) is 18.6. The Morgan fingerprint density at radius 3 is 2.52 bits per heavy atom. The van der Waals surface area contributed by atoms with E-state index in [1.165, 1.54) is 29.1 Å². The summed E-state index contributed by atoms with van der Waals surface area (Å²) in [5, 5.41) is 5.80. The van der Waals surface area contributed by atoms with Crippen molar-refractivity contribution in [3.8, 4) is 0 Å². The van der Waals surface area contributed by atoms with Crippen LogP contribution in [0.5, 0.6) is 0 Å². The van der Waals surface area contributed by atoms with Crippen molar-refractivity contribution in [2.75, 3.05) is 23.6 Å². The number of amides is 1. The minimum atomic E-state index is -0.767. The van der Waals surface area contributed by atoms with E-state index in [0.717, 1.165) is 0 Å². The van der Waals surface area contributed by atoms with Crippen LogP contribution < -0.4 is 9.91 Å². The van der Waals surface area contributed by atoms with Crippen LogP contribution in [-0.4, -0.2) is 37.3 Å². The van der Waals surface area contributed by atoms with Gasteiger partial charge in [0.05, 0.1) is 18.0 Å². The highest BCUT2D eigenvalue weighted by atomic mass is 19.1. The minimum absolute atomic E-state index is 0.0886. The molecular weight excluding hydrogens is 349 g/mol. The molecule has 6 nitrogen and oxygen atoms in total. The van der Waals surface area contributed by atoms with E-state index in [9.17, 15) is 14.0 Å². The molecule has 7 heteroatoms. The van der Waals surface area contributed by atoms with E-state index in [4.69, 9.17) is 4.74 Å². The first-order chi connectivity index (χ1) is 13.0. The molecular formula is C20H20FN3O3. The van der Waals surface area contributed by atoms with Crippen LogP contribution in [0.25, 0.3) is 0 Å². The lowest BCUT2D eigenvalue weighted by molar-refractivity contribution is -0.135. The van der Waals surface area contributed by atoms with E-state index in [1.807, 2.05) is 18.2 Å². The van der Waals surface area contributed by atoms with Crippen molar-refractivity contribution in [1.29, 1.82) is 0 Å². The van der Waals surface area contributed by atoms with Gasteiger partial charge in [0, 0.05) is 13.5 Å². The van der Waals surface area contributed by atoms with E-state index >= 15 is 0 Å². The lowest BCUT2D eigenvalue weighted by Crippen LogP contribution is -2.44. The number of carbonyl (C=O) groups is 2. The third-order valence-electron chi connectivity index (χ3n) is 4.27. The fourth-order valence-corrected chi connectivity index (χ4v) is 2.93. The molecule has 27 heavy (non-hydrogen) atoms. The van der Waals surface area contributed by atoms with Crippen molar-refractivity contribution < 1.29 is 18.7 Å². The van der Waals surface area contributed by atoms with Gasteiger partial charge >= 0.3 is 5.97 Å². The Kier molecular flexibility index (Phi) is 5.49. The van der Waals surface area contributed by atoms with Gasteiger partial charge in [-0.1, -0.05) is 30.3 Å². The third-order valence-corrected chi connectivity index (χ3v) is 4.27. The normalized spacial score (nSPS) is 16.0. The number of carbonyl (C=O) groups excluding carboxylic acids is 2. The smallest absolute Gasteiger partial charge is 0.354 e. The first-order valence-electron chi connectivity index (χ1n) is 8.64. The van der Waals surface area contributed by atoms with Crippen LogP contribution in [0.1, 0.15) is 13.3 Å². The van der Waals surface area contributed by atoms with Gasteiger partial charge in [-0.2, -0.15) is 5.10 Å². The van der Waals surface area contributed by atoms with Crippen LogP contribution in [0.2, 0.25) is 0 Å². The van der Waals surface area contributed by atoms with Crippen molar-refractivity contribution in [3.63, 3.8) is 0 Å². The molecule has 0 N–H and O–H groups in total. The van der Waals surface area contributed by atoms with E-state index in [-0.39, 0.29) is 30.3 Å². The number of hydrazone groups is 1. The highest BCUT2D eigenvalue weighted by molar-refractivity contribution is 6.38. The monoisotopic (exact) mass is 369 g/mol. The number of rotatable bonds is 5. The molecule has 1 aliphatic heterocycles. The van der Waals surface area contributed by atoms with Crippen molar-refractivity contribution in [2.24, 2.45) is 5.10 Å². The minimum Gasteiger partial charge on any atom is -0.461 e. The lowest BCUT2D eigenvalue weighted by Gasteiger charge is -2.27. The summed E-state index contributed by atoms with van der Waals surface area (Å²) >= 11 is 0. The van der Waals surface area contributed by atoms with Crippen LogP contribution in [-0.2, 0) is 14.3 Å². The van der Waals surface area contributed by atoms with E-state index in [1.54, 1.807) is 31.2 Å². The van der Waals surface area contributed by atoms with Crippen LogP contribution in [0.4, 0.5) is 15.8 Å². The highest BCUT2D eigenvalue weighted by Gasteiger charge is 2.38. The maximum atomic E-state index is 14.1. The largest absolute Gasteiger partial charge is 0.461 e. The topological polar surface area (TPSA) is 62.2 Å². The molecule has 140 valence electrons. The van der Waals surface area contributed by atoms with E-state index < -0.39 is 17.8 Å². The molecule has 0 fully saturated rings. The predicted octanol–water partition coefficient (Wildman–Crippen LogP) is 2.99. The summed E-state index contributed by atoms with van der Waals surface area (Å²) < 4.78 is 19.1. The van der Waals surface area contributed by atoms with Gasteiger partial charge in [-0.05, 0) is 31.2 Å². The van der Waals surface area contributed by atoms with Crippen molar-refractivity contribution >= 4 is 29.0 Å². The molecule has 0 spiro atoms. The van der Waals surface area contributed by atoms with Gasteiger partial charge in [0.15, 0.2) is 0 Å². The number of halogens is 1. The standard InChI is InChI=1S/C20H20FN3O3/c1-3-27-20(26)16-13-18(24(22-16)14-9-5-4-6-10-14)19(25)23(2)17-12-8-7-11-15(17)21/h4-12,18H,3,13H2,1-2H3. The molecule has 2 aromatic carbocycles. The zero-order chi connectivity index (χ0) is 19.4.